The molecule has 0 aliphatic heterocycles. The second kappa shape index (κ2) is 3.19. The standard InChI is InChI=1S/C7H13NO3/c8-6-4(7(10)11)2-1-3-5(6)9/h4-6,9H,1-3,8H2,(H,10,11)/t4-,5+,6-/m1/s1. The first kappa shape index (κ1) is 8.49. The molecule has 0 unspecified atom stereocenters. The molecule has 1 rings (SSSR count). The number of aliphatic carboxylic acids is 1. The number of hydrogen-bond acceptors (Lipinski definition) is 3. The van der Waals surface area contributed by atoms with Gasteiger partial charge in [-0.3, -0.25) is 4.79 Å². The maximum atomic E-state index is 10.5. The zero-order valence-corrected chi connectivity index (χ0v) is 6.23. The summed E-state index contributed by atoms with van der Waals surface area (Å²) in [7, 11) is 0. The van der Waals surface area contributed by atoms with Crippen molar-refractivity contribution < 1.29 is 15.0 Å². The number of rotatable bonds is 1. The number of aliphatic hydroxyl groups excluding tert-OH is 1. The Morgan fingerprint density at radius 3 is 2.55 bits per heavy atom. The zero-order valence-electron chi connectivity index (χ0n) is 6.23. The van der Waals surface area contributed by atoms with E-state index in [2.05, 4.69) is 0 Å². The number of hydrogen-bond donors (Lipinski definition) is 3. The molecule has 1 aliphatic rings. The van der Waals surface area contributed by atoms with Crippen molar-refractivity contribution in [1.82, 2.24) is 0 Å². The van der Waals surface area contributed by atoms with Crippen molar-refractivity contribution in [3.8, 4) is 0 Å². The first-order chi connectivity index (χ1) is 5.13. The van der Waals surface area contributed by atoms with Gasteiger partial charge in [0.15, 0.2) is 0 Å². The first-order valence-electron chi connectivity index (χ1n) is 3.79. The fourth-order valence-corrected chi connectivity index (χ4v) is 1.49. The van der Waals surface area contributed by atoms with Crippen molar-refractivity contribution in [2.24, 2.45) is 11.7 Å². The highest BCUT2D eigenvalue weighted by atomic mass is 16.4. The Bertz CT molecular complexity index is 160. The highest BCUT2D eigenvalue weighted by molar-refractivity contribution is 5.71. The molecule has 4 N–H and O–H groups in total. The summed E-state index contributed by atoms with van der Waals surface area (Å²) in [6.07, 6.45) is 1.34. The molecule has 11 heavy (non-hydrogen) atoms. The van der Waals surface area contributed by atoms with Gasteiger partial charge in [-0.15, -0.1) is 0 Å². The van der Waals surface area contributed by atoms with E-state index in [-0.39, 0.29) is 0 Å². The van der Waals surface area contributed by atoms with Crippen LogP contribution in [0.15, 0.2) is 0 Å². The van der Waals surface area contributed by atoms with Gasteiger partial charge in [0, 0.05) is 6.04 Å². The van der Waals surface area contributed by atoms with Crippen molar-refractivity contribution in [2.75, 3.05) is 0 Å². The van der Waals surface area contributed by atoms with Crippen LogP contribution >= 0.6 is 0 Å². The van der Waals surface area contributed by atoms with Gasteiger partial charge in [-0.05, 0) is 19.3 Å². The van der Waals surface area contributed by atoms with Gasteiger partial charge in [-0.1, -0.05) is 0 Å². The maximum absolute atomic E-state index is 10.5. The van der Waals surface area contributed by atoms with Crippen LogP contribution in [0, 0.1) is 5.92 Å². The summed E-state index contributed by atoms with van der Waals surface area (Å²) >= 11 is 0. The van der Waals surface area contributed by atoms with E-state index in [0.717, 1.165) is 6.42 Å². The van der Waals surface area contributed by atoms with Crippen LogP contribution in [0.1, 0.15) is 19.3 Å². The van der Waals surface area contributed by atoms with Gasteiger partial charge in [0.25, 0.3) is 0 Å². The third kappa shape index (κ3) is 1.70. The number of nitrogens with two attached hydrogens (primary N) is 1. The van der Waals surface area contributed by atoms with Crippen molar-refractivity contribution in [3.63, 3.8) is 0 Å². The predicted octanol–water partition coefficient (Wildman–Crippen LogP) is -0.441. The Morgan fingerprint density at radius 2 is 2.09 bits per heavy atom. The molecule has 0 bridgehead atoms. The van der Waals surface area contributed by atoms with E-state index in [1.807, 2.05) is 0 Å². The number of carboxylic acid groups (broad SMARTS) is 1. The third-order valence-corrected chi connectivity index (χ3v) is 2.24. The quantitative estimate of drug-likeness (QED) is 0.484. The molecule has 4 nitrogen and oxygen atoms in total. The largest absolute Gasteiger partial charge is 0.481 e. The molecule has 4 heteroatoms. The first-order valence-corrected chi connectivity index (χ1v) is 3.79. The van der Waals surface area contributed by atoms with Gasteiger partial charge in [-0.2, -0.15) is 0 Å². The van der Waals surface area contributed by atoms with Gasteiger partial charge in [-0.25, -0.2) is 0 Å². The van der Waals surface area contributed by atoms with Crippen LogP contribution in [0.5, 0.6) is 0 Å². The molecule has 0 saturated heterocycles. The van der Waals surface area contributed by atoms with Crippen LogP contribution in [0.4, 0.5) is 0 Å². The molecule has 3 atom stereocenters. The zero-order chi connectivity index (χ0) is 8.43. The molecule has 0 amide bonds. The number of aliphatic hydroxyl groups is 1. The molecular formula is C7H13NO3. The lowest BCUT2D eigenvalue weighted by Crippen LogP contribution is -2.47. The molecule has 1 aliphatic carbocycles. The van der Waals surface area contributed by atoms with Crippen molar-refractivity contribution in [1.29, 1.82) is 0 Å². The SMILES string of the molecule is N[C@H]1[C@@H](O)CCC[C@H]1C(=O)O. The molecule has 0 spiro atoms. The molecule has 0 heterocycles. The monoisotopic (exact) mass is 159 g/mol. The highest BCUT2D eigenvalue weighted by Crippen LogP contribution is 2.23. The molecule has 0 aromatic rings. The lowest BCUT2D eigenvalue weighted by Gasteiger charge is -2.29. The van der Waals surface area contributed by atoms with Crippen molar-refractivity contribution in [2.45, 2.75) is 31.4 Å². The fourth-order valence-electron chi connectivity index (χ4n) is 1.49. The summed E-state index contributed by atoms with van der Waals surface area (Å²) in [5, 5.41) is 17.8. The predicted molar refractivity (Wildman–Crippen MR) is 39.0 cm³/mol. The van der Waals surface area contributed by atoms with E-state index >= 15 is 0 Å². The Balaban J connectivity index is 2.58. The van der Waals surface area contributed by atoms with Crippen LogP contribution in [0.2, 0.25) is 0 Å². The van der Waals surface area contributed by atoms with E-state index < -0.39 is 24.0 Å². The van der Waals surface area contributed by atoms with Gasteiger partial charge < -0.3 is 15.9 Å². The Morgan fingerprint density at radius 1 is 1.45 bits per heavy atom. The smallest absolute Gasteiger partial charge is 0.308 e. The van der Waals surface area contributed by atoms with Gasteiger partial charge in [0.05, 0.1) is 12.0 Å². The second-order valence-electron chi connectivity index (χ2n) is 3.02. The van der Waals surface area contributed by atoms with Gasteiger partial charge in [0.1, 0.15) is 0 Å². The Kier molecular flexibility index (Phi) is 2.46. The van der Waals surface area contributed by atoms with E-state index in [1.165, 1.54) is 0 Å². The molecule has 0 aromatic heterocycles. The number of carbonyl (C=O) groups is 1. The lowest BCUT2D eigenvalue weighted by atomic mass is 9.83. The third-order valence-electron chi connectivity index (χ3n) is 2.24. The van der Waals surface area contributed by atoms with Crippen molar-refractivity contribution in [3.05, 3.63) is 0 Å². The minimum absolute atomic E-state index is 0.557. The molecule has 0 aromatic carbocycles. The van der Waals surface area contributed by atoms with Crippen LogP contribution in [0.25, 0.3) is 0 Å². The minimum Gasteiger partial charge on any atom is -0.481 e. The van der Waals surface area contributed by atoms with E-state index in [9.17, 15) is 9.90 Å². The fraction of sp³-hybridized carbons (Fsp3) is 0.857. The molecule has 1 fully saturated rings. The summed E-state index contributed by atoms with van der Waals surface area (Å²) in [5.74, 6) is -1.45. The summed E-state index contributed by atoms with van der Waals surface area (Å²) in [6.45, 7) is 0. The Labute approximate surface area is 65.0 Å². The van der Waals surface area contributed by atoms with Crippen molar-refractivity contribution >= 4 is 5.97 Å². The minimum atomic E-state index is -0.892. The van der Waals surface area contributed by atoms with Gasteiger partial charge in [0.2, 0.25) is 0 Å². The molecular weight excluding hydrogens is 146 g/mol. The van der Waals surface area contributed by atoms with Crippen LogP contribution < -0.4 is 5.73 Å². The summed E-state index contributed by atoms with van der Waals surface area (Å²) < 4.78 is 0. The average molecular weight is 159 g/mol. The molecule has 64 valence electrons. The second-order valence-corrected chi connectivity index (χ2v) is 3.02. The molecule has 0 radical (unpaired) electrons. The lowest BCUT2D eigenvalue weighted by molar-refractivity contribution is -0.145. The maximum Gasteiger partial charge on any atom is 0.308 e. The van der Waals surface area contributed by atoms with E-state index in [4.69, 9.17) is 10.8 Å². The topological polar surface area (TPSA) is 83.5 Å². The van der Waals surface area contributed by atoms with Crippen LogP contribution in [-0.2, 0) is 4.79 Å². The summed E-state index contributed by atoms with van der Waals surface area (Å²) in [4.78, 5) is 10.5. The van der Waals surface area contributed by atoms with Crippen LogP contribution in [0.3, 0.4) is 0 Å². The van der Waals surface area contributed by atoms with Crippen LogP contribution in [-0.4, -0.2) is 28.3 Å². The average Bonchev–Trinajstić information content (AvgIpc) is 1.94. The summed E-state index contributed by atoms with van der Waals surface area (Å²) in [6, 6.07) is -0.582. The summed E-state index contributed by atoms with van der Waals surface area (Å²) in [5.41, 5.74) is 5.49. The normalized spacial score (nSPS) is 38.5. The van der Waals surface area contributed by atoms with E-state index in [1.54, 1.807) is 0 Å². The number of carboxylic acids is 1. The van der Waals surface area contributed by atoms with Gasteiger partial charge >= 0.3 is 5.97 Å². The Hall–Kier alpha value is -0.610. The van der Waals surface area contributed by atoms with E-state index in [0.29, 0.717) is 12.8 Å². The molecule has 1 saturated carbocycles. The highest BCUT2D eigenvalue weighted by Gasteiger charge is 2.33.